The van der Waals surface area contributed by atoms with Crippen LogP contribution < -0.4 is 0 Å². The number of halogens is 1. The molecule has 0 bridgehead atoms. The van der Waals surface area contributed by atoms with Crippen molar-refractivity contribution in [3.63, 3.8) is 0 Å². The predicted octanol–water partition coefficient (Wildman–Crippen LogP) is 1.88. The topological polar surface area (TPSA) is 76.2 Å². The number of carbonyl (C=O) groups excluding carboxylic acids is 1. The van der Waals surface area contributed by atoms with E-state index in [0.29, 0.717) is 36.2 Å². The molecule has 0 unspecified atom stereocenters. The lowest BCUT2D eigenvalue weighted by Gasteiger charge is -2.34. The van der Waals surface area contributed by atoms with Crippen LogP contribution in [0, 0.1) is 5.92 Å². The normalized spacial score (nSPS) is 17.2. The van der Waals surface area contributed by atoms with Crippen LogP contribution in [0.4, 0.5) is 0 Å². The van der Waals surface area contributed by atoms with Crippen LogP contribution in [-0.2, 0) is 13.6 Å². The van der Waals surface area contributed by atoms with E-state index in [1.54, 1.807) is 15.8 Å². The smallest absolute Gasteiger partial charge is 0.273 e. The summed E-state index contributed by atoms with van der Waals surface area (Å²) in [6, 6.07) is 0. The number of likely N-dealkylation sites (tertiary alicyclic amines) is 1. The highest BCUT2D eigenvalue weighted by Gasteiger charge is 2.32. The third-order valence-corrected chi connectivity index (χ3v) is 4.97. The number of aliphatic hydroxyl groups excluding tert-OH is 1. The average Bonchev–Trinajstić information content (AvgIpc) is 3.19. The number of nitrogens with zero attached hydrogens (tertiary/aromatic N) is 5. The molecule has 0 saturated carbocycles. The van der Waals surface area contributed by atoms with Crippen LogP contribution >= 0.6 is 11.6 Å². The summed E-state index contributed by atoms with van der Waals surface area (Å²) in [6.07, 6.45) is 5.88. The van der Waals surface area contributed by atoms with Crippen molar-refractivity contribution in [1.29, 1.82) is 0 Å². The zero-order valence-electron chi connectivity index (χ0n) is 13.9. The van der Waals surface area contributed by atoms with Crippen LogP contribution in [-0.4, -0.2) is 48.3 Å². The highest BCUT2D eigenvalue weighted by Crippen LogP contribution is 2.30. The molecule has 0 spiro atoms. The van der Waals surface area contributed by atoms with Crippen molar-refractivity contribution in [2.45, 2.75) is 32.4 Å². The first kappa shape index (κ1) is 17.0. The number of hydrogen-bond donors (Lipinski definition) is 1. The van der Waals surface area contributed by atoms with Crippen LogP contribution in [0.15, 0.2) is 18.6 Å². The van der Waals surface area contributed by atoms with Gasteiger partial charge in [-0.15, -0.1) is 0 Å². The van der Waals surface area contributed by atoms with Gasteiger partial charge in [0.2, 0.25) is 0 Å². The van der Waals surface area contributed by atoms with E-state index in [-0.39, 0.29) is 11.8 Å². The molecule has 1 fully saturated rings. The first-order valence-corrected chi connectivity index (χ1v) is 8.56. The van der Waals surface area contributed by atoms with Crippen molar-refractivity contribution < 1.29 is 9.90 Å². The minimum absolute atomic E-state index is 0.0933. The van der Waals surface area contributed by atoms with Gasteiger partial charge in [-0.25, -0.2) is 4.98 Å². The number of hydrogen-bond acceptors (Lipinski definition) is 4. The van der Waals surface area contributed by atoms with Crippen LogP contribution in [0.3, 0.4) is 0 Å². The summed E-state index contributed by atoms with van der Waals surface area (Å²) < 4.78 is 3.46. The summed E-state index contributed by atoms with van der Waals surface area (Å²) >= 11 is 6.12. The number of imidazole rings is 1. The molecular weight excluding hydrogens is 330 g/mol. The molecule has 1 atom stereocenters. The standard InChI is InChI=1S/C16H22ClN5O2/c1-3-22-13(12(17)10-19-22)16(24)21-7-4-11(5-8-21)14(23)15-18-6-9-20(15)2/h6,9-11,14,23H,3-5,7-8H2,1-2H3/t14-/m1/s1. The van der Waals surface area contributed by atoms with E-state index in [1.807, 2.05) is 24.7 Å². The van der Waals surface area contributed by atoms with Gasteiger partial charge in [-0.3, -0.25) is 9.48 Å². The fraction of sp³-hybridized carbons (Fsp3) is 0.562. The lowest BCUT2D eigenvalue weighted by Crippen LogP contribution is -2.41. The lowest BCUT2D eigenvalue weighted by atomic mass is 9.90. The maximum absolute atomic E-state index is 12.7. The second kappa shape index (κ2) is 6.94. The van der Waals surface area contributed by atoms with Crippen LogP contribution in [0.1, 0.15) is 42.2 Å². The first-order chi connectivity index (χ1) is 11.5. The van der Waals surface area contributed by atoms with Crippen molar-refractivity contribution in [3.8, 4) is 0 Å². The van der Waals surface area contributed by atoms with E-state index in [2.05, 4.69) is 10.1 Å². The maximum Gasteiger partial charge on any atom is 0.273 e. The Balaban J connectivity index is 1.66. The molecule has 1 saturated heterocycles. The summed E-state index contributed by atoms with van der Waals surface area (Å²) in [7, 11) is 1.87. The highest BCUT2D eigenvalue weighted by atomic mass is 35.5. The molecule has 1 amide bonds. The summed E-state index contributed by atoms with van der Waals surface area (Å²) in [4.78, 5) is 18.7. The number of aromatic nitrogens is 4. The first-order valence-electron chi connectivity index (χ1n) is 8.18. The van der Waals surface area contributed by atoms with E-state index in [1.165, 1.54) is 6.20 Å². The van der Waals surface area contributed by atoms with Gasteiger partial charge in [-0.1, -0.05) is 11.6 Å². The van der Waals surface area contributed by atoms with E-state index >= 15 is 0 Å². The monoisotopic (exact) mass is 351 g/mol. The molecule has 0 radical (unpaired) electrons. The Morgan fingerprint density at radius 1 is 1.46 bits per heavy atom. The fourth-order valence-electron chi connectivity index (χ4n) is 3.26. The number of aliphatic hydroxyl groups is 1. The van der Waals surface area contributed by atoms with Crippen molar-refractivity contribution in [2.75, 3.05) is 13.1 Å². The number of carbonyl (C=O) groups is 1. The Hall–Kier alpha value is -1.86. The molecule has 1 aliphatic heterocycles. The predicted molar refractivity (Wildman–Crippen MR) is 89.7 cm³/mol. The van der Waals surface area contributed by atoms with Gasteiger partial charge in [0.1, 0.15) is 17.6 Å². The highest BCUT2D eigenvalue weighted by molar-refractivity contribution is 6.33. The van der Waals surface area contributed by atoms with Gasteiger partial charge in [0.25, 0.3) is 5.91 Å². The minimum atomic E-state index is -0.605. The zero-order chi connectivity index (χ0) is 17.3. The number of aryl methyl sites for hydroxylation is 2. The summed E-state index contributed by atoms with van der Waals surface area (Å²) in [6.45, 7) is 3.71. The van der Waals surface area contributed by atoms with Gasteiger partial charge < -0.3 is 14.6 Å². The Kier molecular flexibility index (Phi) is 4.91. The molecule has 8 heteroatoms. The number of piperidine rings is 1. The van der Waals surface area contributed by atoms with E-state index in [9.17, 15) is 9.90 Å². The second-order valence-electron chi connectivity index (χ2n) is 6.13. The molecule has 130 valence electrons. The van der Waals surface area contributed by atoms with Gasteiger partial charge in [0.15, 0.2) is 0 Å². The minimum Gasteiger partial charge on any atom is -0.385 e. The van der Waals surface area contributed by atoms with Gasteiger partial charge >= 0.3 is 0 Å². The lowest BCUT2D eigenvalue weighted by molar-refractivity contribution is 0.0413. The molecule has 2 aromatic rings. The summed E-state index contributed by atoms with van der Waals surface area (Å²) in [5.41, 5.74) is 0.447. The number of amides is 1. The molecule has 1 aliphatic rings. The zero-order valence-corrected chi connectivity index (χ0v) is 14.6. The summed E-state index contributed by atoms with van der Waals surface area (Å²) in [5, 5.41) is 15.0. The molecule has 7 nitrogen and oxygen atoms in total. The third-order valence-electron chi connectivity index (χ3n) is 4.69. The average molecular weight is 352 g/mol. The van der Waals surface area contributed by atoms with Crippen molar-refractivity contribution in [2.24, 2.45) is 13.0 Å². The Morgan fingerprint density at radius 2 is 2.17 bits per heavy atom. The van der Waals surface area contributed by atoms with Crippen LogP contribution in [0.5, 0.6) is 0 Å². The molecule has 0 aromatic carbocycles. The van der Waals surface area contributed by atoms with Crippen molar-refractivity contribution >= 4 is 17.5 Å². The molecule has 3 rings (SSSR count). The Labute approximate surface area is 145 Å². The molecule has 2 aromatic heterocycles. The van der Waals surface area contributed by atoms with Crippen molar-refractivity contribution in [3.05, 3.63) is 35.1 Å². The third kappa shape index (κ3) is 3.06. The van der Waals surface area contributed by atoms with E-state index < -0.39 is 6.10 Å². The molecule has 3 heterocycles. The molecule has 24 heavy (non-hydrogen) atoms. The van der Waals surface area contributed by atoms with Crippen molar-refractivity contribution in [1.82, 2.24) is 24.2 Å². The summed E-state index contributed by atoms with van der Waals surface area (Å²) in [5.74, 6) is 0.679. The second-order valence-corrected chi connectivity index (χ2v) is 6.53. The number of rotatable bonds is 4. The fourth-order valence-corrected chi connectivity index (χ4v) is 3.48. The quantitative estimate of drug-likeness (QED) is 0.912. The van der Waals surface area contributed by atoms with Gasteiger partial charge in [-0.05, 0) is 25.7 Å². The van der Waals surface area contributed by atoms with E-state index in [0.717, 1.165) is 12.8 Å². The molecular formula is C16H22ClN5O2. The Morgan fingerprint density at radius 3 is 2.75 bits per heavy atom. The van der Waals surface area contributed by atoms with Gasteiger partial charge in [0, 0.05) is 39.1 Å². The Bertz CT molecular complexity index is 718. The van der Waals surface area contributed by atoms with Crippen LogP contribution in [0.2, 0.25) is 5.02 Å². The largest absolute Gasteiger partial charge is 0.385 e. The van der Waals surface area contributed by atoms with Crippen LogP contribution in [0.25, 0.3) is 0 Å². The maximum atomic E-state index is 12.7. The van der Waals surface area contributed by atoms with Gasteiger partial charge in [0.05, 0.1) is 11.2 Å². The molecule has 0 aliphatic carbocycles. The van der Waals surface area contributed by atoms with Gasteiger partial charge in [-0.2, -0.15) is 5.10 Å². The van der Waals surface area contributed by atoms with E-state index in [4.69, 9.17) is 11.6 Å². The SMILES string of the molecule is CCn1ncc(Cl)c1C(=O)N1CCC([C@@H](O)c2nccn2C)CC1. The molecule has 1 N–H and O–H groups in total.